The number of likely N-dealkylation sites (tertiary alicyclic amines) is 1. The summed E-state index contributed by atoms with van der Waals surface area (Å²) in [6.45, 7) is 6.05. The van der Waals surface area contributed by atoms with Gasteiger partial charge in [0.05, 0.1) is 18.6 Å². The number of benzene rings is 3. The zero-order chi connectivity index (χ0) is 22.7. The Kier molecular flexibility index (Phi) is 7.57. The molecule has 1 atom stereocenters. The van der Waals surface area contributed by atoms with Gasteiger partial charge in [-0.3, -0.25) is 4.79 Å². The molecule has 3 nitrogen and oxygen atoms in total. The van der Waals surface area contributed by atoms with Crippen LogP contribution in [0.1, 0.15) is 48.4 Å². The van der Waals surface area contributed by atoms with Crippen molar-refractivity contribution in [3.63, 3.8) is 0 Å². The normalized spacial score (nSPS) is 21.8. The van der Waals surface area contributed by atoms with E-state index in [1.165, 1.54) is 22.3 Å². The minimum Gasteiger partial charge on any atom is -0.375 e. The lowest BCUT2D eigenvalue weighted by atomic mass is 9.68. The maximum Gasteiger partial charge on any atom is 0.140 e. The van der Waals surface area contributed by atoms with Crippen LogP contribution in [0.2, 0.25) is 0 Å². The van der Waals surface area contributed by atoms with Crippen LogP contribution in [0.5, 0.6) is 0 Å². The highest BCUT2D eigenvalue weighted by molar-refractivity contribution is 5.88. The van der Waals surface area contributed by atoms with Crippen LogP contribution in [0.15, 0.2) is 84.9 Å². The zero-order valence-electron chi connectivity index (χ0n) is 19.9. The van der Waals surface area contributed by atoms with Crippen LogP contribution in [-0.4, -0.2) is 36.9 Å². The Bertz CT molecular complexity index is 1090. The van der Waals surface area contributed by atoms with E-state index in [1.54, 1.807) is 6.92 Å². The molecule has 5 rings (SSSR count). The average molecular weight is 476 g/mol. The first kappa shape index (κ1) is 24.7. The first-order chi connectivity index (χ1) is 16.1. The van der Waals surface area contributed by atoms with Gasteiger partial charge in [-0.2, -0.15) is 0 Å². The minimum atomic E-state index is -0.338. The zero-order valence-corrected chi connectivity index (χ0v) is 20.7. The van der Waals surface area contributed by atoms with Crippen LogP contribution in [0, 0.1) is 0 Å². The average Bonchev–Trinajstić information content (AvgIpc) is 2.88. The lowest BCUT2D eigenvalue weighted by molar-refractivity contribution is -0.124. The quantitative estimate of drug-likeness (QED) is 0.442. The van der Waals surface area contributed by atoms with Crippen molar-refractivity contribution in [3.05, 3.63) is 107 Å². The molecule has 0 aliphatic carbocycles. The third-order valence-electron chi connectivity index (χ3n) is 8.03. The summed E-state index contributed by atoms with van der Waals surface area (Å²) < 4.78 is 6.17. The Morgan fingerprint density at radius 3 is 2.09 bits per heavy atom. The Morgan fingerprint density at radius 1 is 0.853 bits per heavy atom. The summed E-state index contributed by atoms with van der Waals surface area (Å²) in [5.41, 5.74) is 4.73. The summed E-state index contributed by atoms with van der Waals surface area (Å²) >= 11 is 0. The van der Waals surface area contributed by atoms with Gasteiger partial charge in [0.15, 0.2) is 0 Å². The van der Waals surface area contributed by atoms with Crippen molar-refractivity contribution in [1.82, 2.24) is 4.90 Å². The van der Waals surface area contributed by atoms with Crippen molar-refractivity contribution < 1.29 is 9.53 Å². The molecule has 0 radical (unpaired) electrons. The van der Waals surface area contributed by atoms with Crippen molar-refractivity contribution >= 4 is 18.2 Å². The van der Waals surface area contributed by atoms with Gasteiger partial charge in [-0.25, -0.2) is 0 Å². The fraction of sp³-hybridized carbons (Fsp3) is 0.367. The van der Waals surface area contributed by atoms with Crippen LogP contribution in [0.25, 0.3) is 0 Å². The smallest absolute Gasteiger partial charge is 0.140 e. The summed E-state index contributed by atoms with van der Waals surface area (Å²) in [6.07, 6.45) is 2.78. The van der Waals surface area contributed by atoms with Crippen LogP contribution in [-0.2, 0) is 27.0 Å². The largest absolute Gasteiger partial charge is 0.375 e. The molecule has 34 heavy (non-hydrogen) atoms. The highest BCUT2D eigenvalue weighted by atomic mass is 35.5. The van der Waals surface area contributed by atoms with Gasteiger partial charge < -0.3 is 9.64 Å². The Morgan fingerprint density at radius 2 is 1.44 bits per heavy atom. The molecule has 2 aliphatic rings. The highest BCUT2D eigenvalue weighted by Gasteiger charge is 2.42. The van der Waals surface area contributed by atoms with E-state index in [9.17, 15) is 4.79 Å². The van der Waals surface area contributed by atoms with Crippen molar-refractivity contribution in [2.45, 2.75) is 43.6 Å². The lowest BCUT2D eigenvalue weighted by Gasteiger charge is -2.44. The SMILES string of the molecule is CC(=O)C1(c2ccccc2)CCN(CCC2(c3ccccc3)COCc3ccccc32)CC1.Cl. The van der Waals surface area contributed by atoms with Crippen LogP contribution < -0.4 is 0 Å². The number of hydrogen-bond acceptors (Lipinski definition) is 3. The summed E-state index contributed by atoms with van der Waals surface area (Å²) in [6, 6.07) is 30.0. The number of ether oxygens (including phenoxy) is 1. The summed E-state index contributed by atoms with van der Waals surface area (Å²) in [5, 5.41) is 0. The summed E-state index contributed by atoms with van der Waals surface area (Å²) in [4.78, 5) is 15.3. The molecule has 0 spiro atoms. The van der Waals surface area contributed by atoms with Crippen LogP contribution in [0.3, 0.4) is 0 Å². The van der Waals surface area contributed by atoms with E-state index in [0.29, 0.717) is 19.0 Å². The second-order valence-corrected chi connectivity index (χ2v) is 9.69. The molecular formula is C30H34ClNO2. The first-order valence-corrected chi connectivity index (χ1v) is 12.1. The van der Waals surface area contributed by atoms with E-state index in [4.69, 9.17) is 4.74 Å². The number of carbonyl (C=O) groups excluding carboxylic acids is 1. The molecule has 0 N–H and O–H groups in total. The molecular weight excluding hydrogens is 442 g/mol. The number of nitrogens with zero attached hydrogens (tertiary/aromatic N) is 1. The molecule has 0 saturated carbocycles. The maximum absolute atomic E-state index is 12.8. The van der Waals surface area contributed by atoms with Gasteiger partial charge in [-0.15, -0.1) is 12.4 Å². The van der Waals surface area contributed by atoms with E-state index in [0.717, 1.165) is 38.9 Å². The van der Waals surface area contributed by atoms with E-state index in [1.807, 2.05) is 6.07 Å². The van der Waals surface area contributed by atoms with Gasteiger partial charge in [0.2, 0.25) is 0 Å². The summed E-state index contributed by atoms with van der Waals surface area (Å²) in [5.74, 6) is 0.295. The second kappa shape index (κ2) is 10.4. The molecule has 1 fully saturated rings. The Labute approximate surface area is 209 Å². The molecule has 0 aromatic heterocycles. The number of halogens is 1. The third kappa shape index (κ3) is 4.45. The molecule has 2 heterocycles. The molecule has 178 valence electrons. The Hall–Kier alpha value is -2.46. The molecule has 4 heteroatoms. The molecule has 2 aliphatic heterocycles. The van der Waals surface area contributed by atoms with Crippen molar-refractivity contribution in [2.24, 2.45) is 0 Å². The van der Waals surface area contributed by atoms with Crippen LogP contribution >= 0.6 is 12.4 Å². The standard InChI is InChI=1S/C30H33NO2.ClH/c1-24(32)29(26-11-4-2-5-12-26)16-19-31(20-17-29)21-18-30(27-13-6-3-7-14-27)23-33-22-25-10-8-9-15-28(25)30;/h2-15H,16-23H2,1H3;1H. The topological polar surface area (TPSA) is 29.5 Å². The number of piperidine rings is 1. The second-order valence-electron chi connectivity index (χ2n) is 9.69. The third-order valence-corrected chi connectivity index (χ3v) is 8.03. The van der Waals surface area contributed by atoms with Gasteiger partial charge >= 0.3 is 0 Å². The lowest BCUT2D eigenvalue weighted by Crippen LogP contribution is -2.48. The van der Waals surface area contributed by atoms with Crippen molar-refractivity contribution in [3.8, 4) is 0 Å². The predicted octanol–water partition coefficient (Wildman–Crippen LogP) is 5.94. The monoisotopic (exact) mass is 475 g/mol. The summed E-state index contributed by atoms with van der Waals surface area (Å²) in [7, 11) is 0. The number of fused-ring (bicyclic) bond motifs is 1. The van der Waals surface area contributed by atoms with Gasteiger partial charge in [0.1, 0.15) is 5.78 Å². The fourth-order valence-electron chi connectivity index (χ4n) is 5.98. The number of carbonyl (C=O) groups is 1. The van der Waals surface area contributed by atoms with Gasteiger partial charge in [0.25, 0.3) is 0 Å². The molecule has 1 unspecified atom stereocenters. The molecule has 3 aromatic carbocycles. The maximum atomic E-state index is 12.8. The van der Waals surface area contributed by atoms with Crippen LogP contribution in [0.4, 0.5) is 0 Å². The highest BCUT2D eigenvalue weighted by Crippen LogP contribution is 2.42. The number of Topliss-reactive ketones (excluding diaryl/α,β-unsaturated/α-hetero) is 1. The number of rotatable bonds is 6. The van der Waals surface area contributed by atoms with Crippen molar-refractivity contribution in [2.75, 3.05) is 26.2 Å². The fourth-order valence-corrected chi connectivity index (χ4v) is 5.98. The Balaban J connectivity index is 0.00000274. The molecule has 1 saturated heterocycles. The minimum absolute atomic E-state index is 0. The molecule has 0 amide bonds. The van der Waals surface area contributed by atoms with Gasteiger partial charge in [0, 0.05) is 5.41 Å². The van der Waals surface area contributed by atoms with E-state index >= 15 is 0 Å². The van der Waals surface area contributed by atoms with Crippen molar-refractivity contribution in [1.29, 1.82) is 0 Å². The predicted molar refractivity (Wildman–Crippen MR) is 140 cm³/mol. The van der Waals surface area contributed by atoms with E-state index in [2.05, 4.69) is 83.8 Å². The van der Waals surface area contributed by atoms with E-state index in [-0.39, 0.29) is 23.2 Å². The van der Waals surface area contributed by atoms with Gasteiger partial charge in [-0.05, 0) is 68.1 Å². The molecule has 0 bridgehead atoms. The van der Waals surface area contributed by atoms with E-state index < -0.39 is 0 Å². The number of hydrogen-bond donors (Lipinski definition) is 0. The first-order valence-electron chi connectivity index (χ1n) is 12.1. The number of ketones is 1. The molecule has 3 aromatic rings. The van der Waals surface area contributed by atoms with Gasteiger partial charge in [-0.1, -0.05) is 84.9 Å².